The second-order valence-corrected chi connectivity index (χ2v) is 7.89. The third-order valence-corrected chi connectivity index (χ3v) is 6.26. The van der Waals surface area contributed by atoms with Gasteiger partial charge in [0, 0.05) is 31.6 Å². The van der Waals surface area contributed by atoms with Crippen LogP contribution in [0.4, 0.5) is 0 Å². The molecule has 3 aromatic heterocycles. The zero-order valence-corrected chi connectivity index (χ0v) is 15.2. The Morgan fingerprint density at radius 2 is 1.59 bits per heavy atom. The number of thiophene rings is 1. The van der Waals surface area contributed by atoms with E-state index in [0.717, 1.165) is 16.7 Å². The Hall–Kier alpha value is -3.30. The molecule has 3 heterocycles. The zero-order chi connectivity index (χ0) is 17.8. The van der Waals surface area contributed by atoms with E-state index in [9.17, 15) is 0 Å². The summed E-state index contributed by atoms with van der Waals surface area (Å²) in [7, 11) is 0. The molecule has 0 radical (unpaired) electrons. The van der Waals surface area contributed by atoms with Crippen molar-refractivity contribution < 1.29 is 4.42 Å². The fourth-order valence-corrected chi connectivity index (χ4v) is 4.74. The van der Waals surface area contributed by atoms with Crippen LogP contribution in [0, 0.1) is 0 Å². The number of H-pyrrole nitrogens is 1. The quantitative estimate of drug-likeness (QED) is 0.339. The van der Waals surface area contributed by atoms with Crippen molar-refractivity contribution in [3.05, 3.63) is 85.1 Å². The average molecular weight is 365 g/mol. The van der Waals surface area contributed by atoms with Crippen LogP contribution in [0.25, 0.3) is 53.7 Å². The highest BCUT2D eigenvalue weighted by atomic mass is 32.1. The second-order valence-electron chi connectivity index (χ2n) is 6.81. The Balaban J connectivity index is 1.46. The van der Waals surface area contributed by atoms with Gasteiger partial charge in [0.1, 0.15) is 5.58 Å². The number of hydrogen-bond acceptors (Lipinski definition) is 2. The van der Waals surface area contributed by atoms with E-state index < -0.39 is 0 Å². The van der Waals surface area contributed by atoms with Gasteiger partial charge in [0.2, 0.25) is 0 Å². The number of benzene rings is 3. The minimum Gasteiger partial charge on any atom is -0.464 e. The molecule has 0 saturated heterocycles. The minimum atomic E-state index is 0.931. The first-order chi connectivity index (χ1) is 13.3. The SMILES string of the molecule is c1ccc2[nH]c(-c3ccc4sc(-c5ccc6occc6c5)cc4c3)cc2c1. The molecule has 0 unspecified atom stereocenters. The molecular weight excluding hydrogens is 350 g/mol. The van der Waals surface area contributed by atoms with Crippen LogP contribution in [0.1, 0.15) is 0 Å². The summed E-state index contributed by atoms with van der Waals surface area (Å²) in [6.07, 6.45) is 1.74. The van der Waals surface area contributed by atoms with E-state index in [2.05, 4.69) is 71.7 Å². The van der Waals surface area contributed by atoms with E-state index in [1.54, 1.807) is 6.26 Å². The number of aromatic nitrogens is 1. The average Bonchev–Trinajstić information content (AvgIpc) is 3.42. The molecule has 0 amide bonds. The van der Waals surface area contributed by atoms with Gasteiger partial charge >= 0.3 is 0 Å². The summed E-state index contributed by atoms with van der Waals surface area (Å²) in [5, 5.41) is 3.66. The number of furan rings is 1. The lowest BCUT2D eigenvalue weighted by Crippen LogP contribution is -1.76. The zero-order valence-electron chi connectivity index (χ0n) is 14.4. The Morgan fingerprint density at radius 3 is 2.56 bits per heavy atom. The highest BCUT2D eigenvalue weighted by Crippen LogP contribution is 2.37. The number of rotatable bonds is 2. The minimum absolute atomic E-state index is 0.931. The van der Waals surface area contributed by atoms with Crippen LogP contribution in [0.3, 0.4) is 0 Å². The van der Waals surface area contributed by atoms with E-state index in [1.807, 2.05) is 23.5 Å². The smallest absolute Gasteiger partial charge is 0.133 e. The molecule has 2 nitrogen and oxygen atoms in total. The van der Waals surface area contributed by atoms with Crippen molar-refractivity contribution in [3.63, 3.8) is 0 Å². The molecule has 0 aliphatic rings. The topological polar surface area (TPSA) is 28.9 Å². The van der Waals surface area contributed by atoms with Gasteiger partial charge in [-0.15, -0.1) is 11.3 Å². The van der Waals surface area contributed by atoms with Crippen molar-refractivity contribution in [3.8, 4) is 21.7 Å². The lowest BCUT2D eigenvalue weighted by atomic mass is 10.1. The summed E-state index contributed by atoms with van der Waals surface area (Å²) in [5.41, 5.74) is 5.71. The van der Waals surface area contributed by atoms with Gasteiger partial charge in [0.05, 0.1) is 6.26 Å². The third-order valence-electron chi connectivity index (χ3n) is 5.09. The fourth-order valence-electron chi connectivity index (χ4n) is 3.70. The molecule has 3 aromatic carbocycles. The number of para-hydroxylation sites is 1. The van der Waals surface area contributed by atoms with Crippen LogP contribution in [0.15, 0.2) is 89.5 Å². The van der Waals surface area contributed by atoms with Crippen molar-refractivity contribution in [1.82, 2.24) is 4.98 Å². The van der Waals surface area contributed by atoms with E-state index in [-0.39, 0.29) is 0 Å². The first-order valence-corrected chi connectivity index (χ1v) is 9.74. The number of nitrogens with one attached hydrogen (secondary N) is 1. The molecule has 0 aliphatic heterocycles. The van der Waals surface area contributed by atoms with Crippen LogP contribution >= 0.6 is 11.3 Å². The maximum absolute atomic E-state index is 5.46. The maximum atomic E-state index is 5.46. The van der Waals surface area contributed by atoms with Gasteiger partial charge in [-0.05, 0) is 71.1 Å². The van der Waals surface area contributed by atoms with Crippen LogP contribution < -0.4 is 0 Å². The molecule has 0 saturated carbocycles. The van der Waals surface area contributed by atoms with E-state index in [1.165, 1.54) is 37.0 Å². The maximum Gasteiger partial charge on any atom is 0.133 e. The third kappa shape index (κ3) is 2.40. The summed E-state index contributed by atoms with van der Waals surface area (Å²) in [6.45, 7) is 0. The molecule has 1 N–H and O–H groups in total. The summed E-state index contributed by atoms with van der Waals surface area (Å²) >= 11 is 1.83. The molecule has 27 heavy (non-hydrogen) atoms. The fraction of sp³-hybridized carbons (Fsp3) is 0. The molecule has 0 bridgehead atoms. The van der Waals surface area contributed by atoms with Gasteiger partial charge in [-0.1, -0.05) is 24.3 Å². The van der Waals surface area contributed by atoms with Gasteiger partial charge in [-0.25, -0.2) is 0 Å². The second kappa shape index (κ2) is 5.60. The van der Waals surface area contributed by atoms with E-state index in [4.69, 9.17) is 4.42 Å². The molecule has 3 heteroatoms. The molecule has 6 rings (SSSR count). The van der Waals surface area contributed by atoms with Crippen molar-refractivity contribution in [2.24, 2.45) is 0 Å². The molecular formula is C24H15NOS. The lowest BCUT2D eigenvalue weighted by molar-refractivity contribution is 0.616. The molecule has 6 aromatic rings. The predicted octanol–water partition coefficient (Wildman–Crippen LogP) is 7.46. The van der Waals surface area contributed by atoms with Crippen LogP contribution in [-0.2, 0) is 0 Å². The predicted molar refractivity (Wildman–Crippen MR) is 114 cm³/mol. The molecule has 0 aliphatic carbocycles. The van der Waals surface area contributed by atoms with E-state index >= 15 is 0 Å². The van der Waals surface area contributed by atoms with Gasteiger partial charge in [-0.3, -0.25) is 0 Å². The Labute approximate surface area is 159 Å². The van der Waals surface area contributed by atoms with Crippen LogP contribution in [0.2, 0.25) is 0 Å². The lowest BCUT2D eigenvalue weighted by Gasteiger charge is -1.98. The summed E-state index contributed by atoms with van der Waals surface area (Å²) in [6, 6.07) is 28.0. The Bertz CT molecular complexity index is 1400. The number of hydrogen-bond donors (Lipinski definition) is 1. The van der Waals surface area contributed by atoms with Crippen molar-refractivity contribution in [2.45, 2.75) is 0 Å². The van der Waals surface area contributed by atoms with Gasteiger partial charge < -0.3 is 9.40 Å². The summed E-state index contributed by atoms with van der Waals surface area (Å²) < 4.78 is 6.76. The van der Waals surface area contributed by atoms with Gasteiger partial charge in [0.25, 0.3) is 0 Å². The highest BCUT2D eigenvalue weighted by molar-refractivity contribution is 7.22. The monoisotopic (exact) mass is 365 g/mol. The summed E-state index contributed by atoms with van der Waals surface area (Å²) in [4.78, 5) is 4.80. The van der Waals surface area contributed by atoms with Crippen LogP contribution in [-0.4, -0.2) is 4.98 Å². The first-order valence-electron chi connectivity index (χ1n) is 8.93. The standard InChI is InChI=1S/C24H15NOS/c1-2-4-20-15(3-1)13-21(25-20)16-6-8-23-19(11-16)14-24(27-23)18-5-7-22-17(12-18)9-10-26-22/h1-14,25H. The molecule has 0 fully saturated rings. The number of fused-ring (bicyclic) bond motifs is 3. The normalized spacial score (nSPS) is 11.7. The van der Waals surface area contributed by atoms with Crippen molar-refractivity contribution in [2.75, 3.05) is 0 Å². The summed E-state index contributed by atoms with van der Waals surface area (Å²) in [5.74, 6) is 0. The van der Waals surface area contributed by atoms with Crippen molar-refractivity contribution in [1.29, 1.82) is 0 Å². The van der Waals surface area contributed by atoms with E-state index in [0.29, 0.717) is 0 Å². The number of aromatic amines is 1. The molecule has 128 valence electrons. The van der Waals surface area contributed by atoms with Crippen LogP contribution in [0.5, 0.6) is 0 Å². The van der Waals surface area contributed by atoms with Gasteiger partial charge in [-0.2, -0.15) is 0 Å². The molecule has 0 spiro atoms. The Kier molecular flexibility index (Phi) is 3.07. The Morgan fingerprint density at radius 1 is 0.704 bits per heavy atom. The first kappa shape index (κ1) is 14.8. The van der Waals surface area contributed by atoms with Gasteiger partial charge in [0.15, 0.2) is 0 Å². The molecule has 0 atom stereocenters. The highest BCUT2D eigenvalue weighted by Gasteiger charge is 2.09. The largest absolute Gasteiger partial charge is 0.464 e. The van der Waals surface area contributed by atoms with Crippen molar-refractivity contribution >= 4 is 43.3 Å².